The molecule has 1 aliphatic heterocycles. The van der Waals surface area contributed by atoms with E-state index in [-0.39, 0.29) is 0 Å². The van der Waals surface area contributed by atoms with Gasteiger partial charge in [-0.3, -0.25) is 0 Å². The summed E-state index contributed by atoms with van der Waals surface area (Å²) in [5, 5.41) is 3.41. The molecule has 2 rings (SSSR count). The third-order valence-electron chi connectivity index (χ3n) is 2.48. The number of nitrogen functional groups attached to an aromatic ring is 1. The van der Waals surface area contributed by atoms with Crippen molar-refractivity contribution in [3.8, 4) is 0 Å². The Morgan fingerprint density at radius 3 is 3.17 bits per heavy atom. The first-order valence-electron chi connectivity index (χ1n) is 4.39. The van der Waals surface area contributed by atoms with Crippen LogP contribution in [0.1, 0.15) is 24.1 Å². The van der Waals surface area contributed by atoms with Gasteiger partial charge in [-0.15, -0.1) is 0 Å². The van der Waals surface area contributed by atoms with Gasteiger partial charge < -0.3 is 11.1 Å². The second kappa shape index (κ2) is 2.79. The number of fused-ring (bicyclic) bond motifs is 1. The Morgan fingerprint density at radius 1 is 1.50 bits per heavy atom. The molecule has 0 aromatic heterocycles. The van der Waals surface area contributed by atoms with Gasteiger partial charge in [0.1, 0.15) is 0 Å². The van der Waals surface area contributed by atoms with Gasteiger partial charge in [0.2, 0.25) is 0 Å². The maximum absolute atomic E-state index is 5.72. The van der Waals surface area contributed by atoms with Gasteiger partial charge in [-0.2, -0.15) is 0 Å². The molecule has 2 nitrogen and oxygen atoms in total. The highest BCUT2D eigenvalue weighted by molar-refractivity contribution is 5.46. The number of anilines is 1. The normalized spacial score (nSPS) is 21.9. The second-order valence-corrected chi connectivity index (χ2v) is 3.38. The zero-order chi connectivity index (χ0) is 8.55. The summed E-state index contributed by atoms with van der Waals surface area (Å²) in [4.78, 5) is 0. The van der Waals surface area contributed by atoms with Gasteiger partial charge >= 0.3 is 0 Å². The van der Waals surface area contributed by atoms with Crippen LogP contribution in [0.25, 0.3) is 0 Å². The molecule has 1 aromatic carbocycles. The van der Waals surface area contributed by atoms with Crippen LogP contribution in [-0.2, 0) is 6.42 Å². The summed E-state index contributed by atoms with van der Waals surface area (Å²) in [5.74, 6) is 0. The number of hydrogen-bond acceptors (Lipinski definition) is 2. The molecular weight excluding hydrogens is 148 g/mol. The number of benzene rings is 1. The van der Waals surface area contributed by atoms with Crippen molar-refractivity contribution in [1.82, 2.24) is 5.32 Å². The Hall–Kier alpha value is -1.02. The standard InChI is InChI=1S/C10H14N2/c1-7-10-6-9(11)3-2-8(10)4-5-12-7/h2-3,6-7,12H,4-5,11H2,1H3. The summed E-state index contributed by atoms with van der Waals surface area (Å²) in [5.41, 5.74) is 9.38. The van der Waals surface area contributed by atoms with Crippen molar-refractivity contribution in [1.29, 1.82) is 0 Å². The predicted octanol–water partition coefficient (Wildman–Crippen LogP) is 1.48. The quantitative estimate of drug-likeness (QED) is 0.567. The van der Waals surface area contributed by atoms with Crippen LogP contribution >= 0.6 is 0 Å². The van der Waals surface area contributed by atoms with Crippen LogP contribution < -0.4 is 11.1 Å². The van der Waals surface area contributed by atoms with E-state index in [1.54, 1.807) is 0 Å². The van der Waals surface area contributed by atoms with Crippen LogP contribution in [-0.4, -0.2) is 6.54 Å². The van der Waals surface area contributed by atoms with Gasteiger partial charge in [-0.1, -0.05) is 6.07 Å². The molecule has 1 aliphatic rings. The van der Waals surface area contributed by atoms with E-state index in [0.29, 0.717) is 6.04 Å². The Balaban J connectivity index is 2.47. The van der Waals surface area contributed by atoms with E-state index in [0.717, 1.165) is 18.7 Å². The minimum absolute atomic E-state index is 0.456. The zero-order valence-electron chi connectivity index (χ0n) is 7.30. The molecule has 3 N–H and O–H groups in total. The molecule has 1 atom stereocenters. The van der Waals surface area contributed by atoms with E-state index in [9.17, 15) is 0 Å². The van der Waals surface area contributed by atoms with Crippen LogP contribution in [0, 0.1) is 0 Å². The fraction of sp³-hybridized carbons (Fsp3) is 0.400. The lowest BCUT2D eigenvalue weighted by molar-refractivity contribution is 0.541. The summed E-state index contributed by atoms with van der Waals surface area (Å²) in [6.45, 7) is 3.26. The van der Waals surface area contributed by atoms with Crippen molar-refractivity contribution >= 4 is 5.69 Å². The van der Waals surface area contributed by atoms with E-state index >= 15 is 0 Å². The Kier molecular flexibility index (Phi) is 1.77. The molecule has 0 bridgehead atoms. The molecule has 0 fully saturated rings. The fourth-order valence-electron chi connectivity index (χ4n) is 1.78. The van der Waals surface area contributed by atoms with E-state index in [1.165, 1.54) is 11.1 Å². The van der Waals surface area contributed by atoms with E-state index in [4.69, 9.17) is 5.73 Å². The highest BCUT2D eigenvalue weighted by Crippen LogP contribution is 2.24. The second-order valence-electron chi connectivity index (χ2n) is 3.38. The lowest BCUT2D eigenvalue weighted by Crippen LogP contribution is -2.27. The first kappa shape index (κ1) is 7.62. The maximum atomic E-state index is 5.72. The summed E-state index contributed by atoms with van der Waals surface area (Å²) in [6.07, 6.45) is 1.12. The van der Waals surface area contributed by atoms with Crippen LogP contribution in [0.4, 0.5) is 5.69 Å². The average molecular weight is 162 g/mol. The van der Waals surface area contributed by atoms with Crippen molar-refractivity contribution in [2.45, 2.75) is 19.4 Å². The highest BCUT2D eigenvalue weighted by atomic mass is 14.9. The van der Waals surface area contributed by atoms with Crippen molar-refractivity contribution in [3.05, 3.63) is 29.3 Å². The van der Waals surface area contributed by atoms with Gasteiger partial charge in [-0.25, -0.2) is 0 Å². The number of hydrogen-bond donors (Lipinski definition) is 2. The zero-order valence-corrected chi connectivity index (χ0v) is 7.30. The molecule has 0 radical (unpaired) electrons. The molecule has 2 heteroatoms. The number of nitrogens with two attached hydrogens (primary N) is 1. The van der Waals surface area contributed by atoms with Crippen molar-refractivity contribution in [2.24, 2.45) is 0 Å². The topological polar surface area (TPSA) is 38.0 Å². The average Bonchev–Trinajstić information content (AvgIpc) is 2.07. The number of rotatable bonds is 0. The Morgan fingerprint density at radius 2 is 2.33 bits per heavy atom. The molecule has 64 valence electrons. The molecule has 1 unspecified atom stereocenters. The monoisotopic (exact) mass is 162 g/mol. The van der Waals surface area contributed by atoms with Crippen LogP contribution in [0.5, 0.6) is 0 Å². The lowest BCUT2D eigenvalue weighted by Gasteiger charge is -2.23. The Bertz CT molecular complexity index is 294. The van der Waals surface area contributed by atoms with Gasteiger partial charge in [0, 0.05) is 11.7 Å². The van der Waals surface area contributed by atoms with Crippen LogP contribution in [0.15, 0.2) is 18.2 Å². The Labute approximate surface area is 72.8 Å². The fourth-order valence-corrected chi connectivity index (χ4v) is 1.78. The molecule has 0 aliphatic carbocycles. The smallest absolute Gasteiger partial charge is 0.0317 e. The largest absolute Gasteiger partial charge is 0.399 e. The SMILES string of the molecule is CC1NCCc2ccc(N)cc21. The summed E-state index contributed by atoms with van der Waals surface area (Å²) in [7, 11) is 0. The highest BCUT2D eigenvalue weighted by Gasteiger charge is 2.14. The first-order chi connectivity index (χ1) is 5.77. The molecule has 0 saturated carbocycles. The third-order valence-corrected chi connectivity index (χ3v) is 2.48. The summed E-state index contributed by atoms with van der Waals surface area (Å²) in [6, 6.07) is 6.66. The van der Waals surface area contributed by atoms with Crippen molar-refractivity contribution < 1.29 is 0 Å². The predicted molar refractivity (Wildman–Crippen MR) is 51.0 cm³/mol. The van der Waals surface area contributed by atoms with E-state index in [1.807, 2.05) is 6.07 Å². The van der Waals surface area contributed by atoms with E-state index in [2.05, 4.69) is 24.4 Å². The van der Waals surface area contributed by atoms with Gasteiger partial charge in [0.15, 0.2) is 0 Å². The molecule has 1 heterocycles. The van der Waals surface area contributed by atoms with Crippen molar-refractivity contribution in [2.75, 3.05) is 12.3 Å². The molecule has 0 spiro atoms. The maximum Gasteiger partial charge on any atom is 0.0317 e. The minimum atomic E-state index is 0.456. The third kappa shape index (κ3) is 1.18. The number of nitrogens with one attached hydrogen (secondary N) is 1. The van der Waals surface area contributed by atoms with Crippen molar-refractivity contribution in [3.63, 3.8) is 0 Å². The lowest BCUT2D eigenvalue weighted by atomic mass is 9.95. The molecule has 0 amide bonds. The molecular formula is C10H14N2. The molecule has 12 heavy (non-hydrogen) atoms. The summed E-state index contributed by atoms with van der Waals surface area (Å²) < 4.78 is 0. The van der Waals surface area contributed by atoms with Crippen LogP contribution in [0.2, 0.25) is 0 Å². The van der Waals surface area contributed by atoms with E-state index < -0.39 is 0 Å². The molecule has 0 saturated heterocycles. The first-order valence-corrected chi connectivity index (χ1v) is 4.39. The summed E-state index contributed by atoms with van der Waals surface area (Å²) >= 11 is 0. The minimum Gasteiger partial charge on any atom is -0.399 e. The van der Waals surface area contributed by atoms with Gasteiger partial charge in [0.05, 0.1) is 0 Å². The van der Waals surface area contributed by atoms with Crippen LogP contribution in [0.3, 0.4) is 0 Å². The van der Waals surface area contributed by atoms with Gasteiger partial charge in [-0.05, 0) is 43.1 Å². The molecule has 1 aromatic rings. The van der Waals surface area contributed by atoms with Gasteiger partial charge in [0.25, 0.3) is 0 Å².